The summed E-state index contributed by atoms with van der Waals surface area (Å²) in [5.74, 6) is -1.09. The first-order valence-corrected chi connectivity index (χ1v) is 27.1. The Balaban J connectivity index is 1.12. The molecule has 13 rings (SSSR count). The van der Waals surface area contributed by atoms with Gasteiger partial charge in [-0.05, 0) is 114 Å². The summed E-state index contributed by atoms with van der Waals surface area (Å²) in [4.78, 5) is 63.3. The van der Waals surface area contributed by atoms with Gasteiger partial charge in [-0.15, -0.1) is 0 Å². The summed E-state index contributed by atoms with van der Waals surface area (Å²) >= 11 is 0. The lowest BCUT2D eigenvalue weighted by Gasteiger charge is -2.35. The summed E-state index contributed by atoms with van der Waals surface area (Å²) < 4.78 is 0. The molecule has 1 aliphatic carbocycles. The molecule has 0 unspecified atom stereocenters. The maximum atomic E-state index is 15.8. The summed E-state index contributed by atoms with van der Waals surface area (Å²) in [5.41, 5.74) is 13.1. The molecule has 0 saturated carbocycles. The lowest BCUT2D eigenvalue weighted by Crippen LogP contribution is -2.30. The second-order valence-corrected chi connectivity index (χ2v) is 20.4. The van der Waals surface area contributed by atoms with Crippen molar-refractivity contribution in [1.29, 1.82) is 0 Å². The fourth-order valence-corrected chi connectivity index (χ4v) is 12.1. The molecule has 4 nitrogen and oxygen atoms in total. The summed E-state index contributed by atoms with van der Waals surface area (Å²) in [6, 6.07) is 97.2. The number of carbonyl (C=O) groups excluding carboxylic acids is 4. The van der Waals surface area contributed by atoms with E-state index in [1.807, 2.05) is 267 Å². The highest BCUT2D eigenvalue weighted by Gasteiger charge is 2.47. The van der Waals surface area contributed by atoms with Crippen LogP contribution in [0.15, 0.2) is 303 Å². The number of ketones is 4. The molecule has 0 saturated heterocycles. The molecule has 1 aliphatic rings. The molecule has 0 aliphatic heterocycles. The number of benzene rings is 12. The van der Waals surface area contributed by atoms with E-state index in [9.17, 15) is 0 Å². The van der Waals surface area contributed by atoms with E-state index in [0.29, 0.717) is 55.6 Å². The first-order chi connectivity index (χ1) is 39.9. The van der Waals surface area contributed by atoms with E-state index in [-0.39, 0.29) is 23.1 Å². The van der Waals surface area contributed by atoms with Gasteiger partial charge in [-0.3, -0.25) is 19.2 Å². The first-order valence-electron chi connectivity index (χ1n) is 27.1. The zero-order valence-electron chi connectivity index (χ0n) is 44.0. The van der Waals surface area contributed by atoms with Crippen LogP contribution in [0.3, 0.4) is 0 Å². The predicted molar refractivity (Wildman–Crippen MR) is 325 cm³/mol. The van der Waals surface area contributed by atoms with Gasteiger partial charge in [-0.1, -0.05) is 267 Å². The van der Waals surface area contributed by atoms with Crippen molar-refractivity contribution in [1.82, 2.24) is 0 Å². The Morgan fingerprint density at radius 1 is 0.210 bits per heavy atom. The van der Waals surface area contributed by atoms with E-state index in [1.54, 1.807) is 12.1 Å². The summed E-state index contributed by atoms with van der Waals surface area (Å²) in [6.45, 7) is 0. The van der Waals surface area contributed by atoms with Crippen molar-refractivity contribution in [3.63, 3.8) is 0 Å². The van der Waals surface area contributed by atoms with Crippen molar-refractivity contribution in [2.24, 2.45) is 0 Å². The molecule has 0 N–H and O–H groups in total. The quantitative estimate of drug-likeness (QED) is 0.102. The standard InChI is InChI=1S/C77H50O4/c78-73(67-39-17-13-33-61(67)51-25-5-1-6-26-51)55-45-56(74(79)68-40-18-14-34-62(68)52-27-7-2-8-28-52)48-59(47-55)77(71-43-23-21-37-65(71)66-38-22-24-44-72(66)77)60-49-57(75(80)69-41-19-15-35-63(69)53-29-9-3-10-30-53)46-58(50-60)76(81)70-42-20-16-36-64(70)54-31-11-4-12-32-54/h1-50H. The van der Waals surface area contributed by atoms with Crippen molar-refractivity contribution < 1.29 is 19.2 Å². The van der Waals surface area contributed by atoms with Gasteiger partial charge in [0.1, 0.15) is 0 Å². The molecule has 12 aromatic rings. The van der Waals surface area contributed by atoms with Gasteiger partial charge in [0.05, 0.1) is 5.41 Å². The normalized spacial score (nSPS) is 12.0. The molecule has 4 heteroatoms. The smallest absolute Gasteiger partial charge is 0.193 e. The van der Waals surface area contributed by atoms with Crippen LogP contribution in [0.5, 0.6) is 0 Å². The van der Waals surface area contributed by atoms with Crippen LogP contribution in [0.25, 0.3) is 55.6 Å². The van der Waals surface area contributed by atoms with Crippen molar-refractivity contribution in [2.45, 2.75) is 5.41 Å². The average molecular weight is 1040 g/mol. The molecule has 382 valence electrons. The average Bonchev–Trinajstić information content (AvgIpc) is 3.43. The van der Waals surface area contributed by atoms with Crippen molar-refractivity contribution >= 4 is 23.1 Å². The first kappa shape index (κ1) is 49.9. The molecular weight excluding hydrogens is 989 g/mol. The van der Waals surface area contributed by atoms with Gasteiger partial charge in [0.2, 0.25) is 0 Å². The van der Waals surface area contributed by atoms with Crippen LogP contribution < -0.4 is 0 Å². The third-order valence-electron chi connectivity index (χ3n) is 15.8. The number of rotatable bonds is 14. The zero-order valence-corrected chi connectivity index (χ0v) is 44.0. The molecule has 0 amide bonds. The summed E-state index contributed by atoms with van der Waals surface area (Å²) in [5, 5.41) is 0. The Morgan fingerprint density at radius 2 is 0.420 bits per heavy atom. The molecule has 0 fully saturated rings. The minimum atomic E-state index is -1.33. The summed E-state index contributed by atoms with van der Waals surface area (Å²) in [6.07, 6.45) is 0. The highest BCUT2D eigenvalue weighted by atomic mass is 16.1. The van der Waals surface area contributed by atoms with E-state index in [1.165, 1.54) is 0 Å². The van der Waals surface area contributed by atoms with Crippen molar-refractivity contribution in [3.8, 4) is 55.6 Å². The van der Waals surface area contributed by atoms with Crippen LogP contribution in [0.4, 0.5) is 0 Å². The monoisotopic (exact) mass is 1040 g/mol. The Labute approximate surface area is 471 Å². The van der Waals surface area contributed by atoms with Gasteiger partial charge in [-0.25, -0.2) is 0 Å². The van der Waals surface area contributed by atoms with Gasteiger partial charge in [0.25, 0.3) is 0 Å². The third-order valence-corrected chi connectivity index (χ3v) is 15.8. The van der Waals surface area contributed by atoms with Crippen LogP contribution in [-0.4, -0.2) is 23.1 Å². The lowest BCUT2D eigenvalue weighted by molar-refractivity contribution is 0.102. The van der Waals surface area contributed by atoms with E-state index >= 15 is 19.2 Å². The number of hydrogen-bond donors (Lipinski definition) is 0. The lowest BCUT2D eigenvalue weighted by atomic mass is 9.66. The molecule has 0 aromatic heterocycles. The van der Waals surface area contributed by atoms with Crippen LogP contribution in [0.2, 0.25) is 0 Å². The van der Waals surface area contributed by atoms with Gasteiger partial charge >= 0.3 is 0 Å². The van der Waals surface area contributed by atoms with Crippen LogP contribution in [-0.2, 0) is 5.41 Å². The highest BCUT2D eigenvalue weighted by Crippen LogP contribution is 2.57. The fourth-order valence-electron chi connectivity index (χ4n) is 12.1. The maximum Gasteiger partial charge on any atom is 0.193 e. The molecule has 0 spiro atoms. The molecular formula is C77H50O4. The molecule has 81 heavy (non-hydrogen) atoms. The third kappa shape index (κ3) is 8.95. The van der Waals surface area contributed by atoms with E-state index in [2.05, 4.69) is 24.3 Å². The SMILES string of the molecule is O=C(c1cc(C(=O)c2ccccc2-c2ccccc2)cc(C2(c3cc(C(=O)c4ccccc4-c4ccccc4)cc(C(=O)c4ccccc4-c4ccccc4)c3)c3ccccc3-c3ccccc32)c1)c1ccccc1-c1ccccc1. The molecule has 0 heterocycles. The highest BCUT2D eigenvalue weighted by molar-refractivity contribution is 6.19. The Kier molecular flexibility index (Phi) is 13.1. The van der Waals surface area contributed by atoms with Gasteiger partial charge in [0, 0.05) is 44.5 Å². The largest absolute Gasteiger partial charge is 0.289 e. The number of fused-ring (bicyclic) bond motifs is 3. The van der Waals surface area contributed by atoms with Gasteiger partial charge in [-0.2, -0.15) is 0 Å². The van der Waals surface area contributed by atoms with Crippen molar-refractivity contribution in [3.05, 3.63) is 370 Å². The Hall–Kier alpha value is -10.7. The van der Waals surface area contributed by atoms with Crippen LogP contribution in [0.1, 0.15) is 85.9 Å². The summed E-state index contributed by atoms with van der Waals surface area (Å²) in [7, 11) is 0. The Morgan fingerprint density at radius 3 is 0.679 bits per heavy atom. The van der Waals surface area contributed by atoms with Gasteiger partial charge < -0.3 is 0 Å². The van der Waals surface area contributed by atoms with Gasteiger partial charge in [0.15, 0.2) is 23.1 Å². The van der Waals surface area contributed by atoms with E-state index < -0.39 is 5.41 Å². The van der Waals surface area contributed by atoms with Crippen LogP contribution in [0, 0.1) is 0 Å². The van der Waals surface area contributed by atoms with E-state index in [4.69, 9.17) is 0 Å². The van der Waals surface area contributed by atoms with Crippen molar-refractivity contribution in [2.75, 3.05) is 0 Å². The maximum absolute atomic E-state index is 15.8. The second-order valence-electron chi connectivity index (χ2n) is 20.4. The second kappa shape index (κ2) is 21.3. The molecule has 0 atom stereocenters. The number of hydrogen-bond acceptors (Lipinski definition) is 4. The Bertz CT molecular complexity index is 3890. The predicted octanol–water partition coefficient (Wildman–Crippen LogP) is 17.6. The number of carbonyl (C=O) groups is 4. The fraction of sp³-hybridized carbons (Fsp3) is 0.0130. The van der Waals surface area contributed by atoms with E-state index in [0.717, 1.165) is 66.8 Å². The van der Waals surface area contributed by atoms with Crippen LogP contribution >= 0.6 is 0 Å². The topological polar surface area (TPSA) is 68.3 Å². The molecule has 0 bridgehead atoms. The molecule has 12 aromatic carbocycles. The minimum absolute atomic E-state index is 0.272. The molecule has 0 radical (unpaired) electrons. The zero-order chi connectivity index (χ0) is 54.9. The minimum Gasteiger partial charge on any atom is -0.289 e.